The van der Waals surface area contributed by atoms with Crippen molar-refractivity contribution in [2.45, 2.75) is 38.2 Å². The van der Waals surface area contributed by atoms with Crippen molar-refractivity contribution in [2.75, 3.05) is 5.32 Å². The molecule has 2 aromatic carbocycles. The predicted molar refractivity (Wildman–Crippen MR) is 95.8 cm³/mol. The molecule has 124 valence electrons. The van der Waals surface area contributed by atoms with Gasteiger partial charge in [-0.3, -0.25) is 4.79 Å². The second-order valence-electron chi connectivity index (χ2n) is 5.87. The van der Waals surface area contributed by atoms with E-state index in [2.05, 4.69) is 5.32 Å². The number of carbonyl (C=O) groups excluding carboxylic acids is 1. The van der Waals surface area contributed by atoms with Crippen LogP contribution in [0.1, 0.15) is 26.3 Å². The van der Waals surface area contributed by atoms with Crippen LogP contribution < -0.4 is 5.32 Å². The second-order valence-corrected chi connectivity index (χ2v) is 9.10. The molecule has 6 heteroatoms. The molecule has 1 atom stereocenters. The van der Waals surface area contributed by atoms with Crippen molar-refractivity contribution in [1.29, 1.82) is 0 Å². The number of anilines is 1. The summed E-state index contributed by atoms with van der Waals surface area (Å²) in [4.78, 5) is 12.4. The summed E-state index contributed by atoms with van der Waals surface area (Å²) in [5, 5.41) is 3.25. The molecule has 1 N–H and O–H groups in total. The number of amides is 1. The van der Waals surface area contributed by atoms with Gasteiger partial charge in [0.2, 0.25) is 5.91 Å². The van der Waals surface area contributed by atoms with E-state index >= 15 is 0 Å². The standard InChI is InChI=1S/C17H20ClNO3S/c1-10(2)23(21,22)12(4)17(20)19-16-11(3)9-15(18)13-7-5-6-8-14(13)16/h5-10,12H,1-4H3,(H,19,20)/t12-/m1/s1. The molecule has 0 unspecified atom stereocenters. The fourth-order valence-electron chi connectivity index (χ4n) is 2.41. The van der Waals surface area contributed by atoms with Gasteiger partial charge in [0.25, 0.3) is 0 Å². The third-order valence-electron chi connectivity index (χ3n) is 3.96. The maximum absolute atomic E-state index is 12.4. The van der Waals surface area contributed by atoms with Gasteiger partial charge in [0.1, 0.15) is 5.25 Å². The maximum Gasteiger partial charge on any atom is 0.242 e. The smallest absolute Gasteiger partial charge is 0.242 e. The zero-order valence-corrected chi connectivity index (χ0v) is 15.1. The number of halogens is 1. The van der Waals surface area contributed by atoms with E-state index in [0.29, 0.717) is 10.7 Å². The Morgan fingerprint density at radius 2 is 1.70 bits per heavy atom. The van der Waals surface area contributed by atoms with Crippen molar-refractivity contribution in [1.82, 2.24) is 0 Å². The molecule has 1 amide bonds. The van der Waals surface area contributed by atoms with Gasteiger partial charge in [-0.15, -0.1) is 0 Å². The highest BCUT2D eigenvalue weighted by Gasteiger charge is 2.31. The SMILES string of the molecule is Cc1cc(Cl)c2ccccc2c1NC(=O)[C@@H](C)S(=O)(=O)C(C)C. The van der Waals surface area contributed by atoms with E-state index in [4.69, 9.17) is 11.6 Å². The summed E-state index contributed by atoms with van der Waals surface area (Å²) in [6.07, 6.45) is 0. The lowest BCUT2D eigenvalue weighted by Crippen LogP contribution is -2.36. The largest absolute Gasteiger partial charge is 0.324 e. The normalized spacial score (nSPS) is 13.3. The monoisotopic (exact) mass is 353 g/mol. The van der Waals surface area contributed by atoms with E-state index in [9.17, 15) is 13.2 Å². The van der Waals surface area contributed by atoms with Crippen LogP contribution in [0.3, 0.4) is 0 Å². The van der Waals surface area contributed by atoms with Crippen LogP contribution in [0.15, 0.2) is 30.3 Å². The Balaban J connectivity index is 2.45. The van der Waals surface area contributed by atoms with E-state index in [0.717, 1.165) is 16.3 Å². The maximum atomic E-state index is 12.4. The Hall–Kier alpha value is -1.59. The summed E-state index contributed by atoms with van der Waals surface area (Å²) in [5.74, 6) is -0.533. The van der Waals surface area contributed by atoms with Crippen LogP contribution >= 0.6 is 11.6 Å². The third-order valence-corrected chi connectivity index (χ3v) is 6.79. The quantitative estimate of drug-likeness (QED) is 0.905. The van der Waals surface area contributed by atoms with Crippen molar-refractivity contribution in [2.24, 2.45) is 0 Å². The molecule has 0 aliphatic carbocycles. The summed E-state index contributed by atoms with van der Waals surface area (Å²) in [5.41, 5.74) is 1.39. The average Bonchev–Trinajstić information content (AvgIpc) is 2.50. The van der Waals surface area contributed by atoms with Crippen LogP contribution in [-0.2, 0) is 14.6 Å². The molecule has 0 saturated carbocycles. The molecule has 2 aromatic rings. The van der Waals surface area contributed by atoms with E-state index in [1.807, 2.05) is 31.2 Å². The Bertz CT molecular complexity index is 860. The number of sulfone groups is 1. The molecule has 0 bridgehead atoms. The fourth-order valence-corrected chi connectivity index (χ4v) is 3.91. The number of rotatable bonds is 4. The summed E-state index contributed by atoms with van der Waals surface area (Å²) in [7, 11) is -3.51. The van der Waals surface area contributed by atoms with E-state index < -0.39 is 26.2 Å². The Labute approximate surface area is 141 Å². The summed E-state index contributed by atoms with van der Waals surface area (Å²) >= 11 is 6.24. The van der Waals surface area contributed by atoms with Crippen molar-refractivity contribution < 1.29 is 13.2 Å². The first-order valence-corrected chi connectivity index (χ1v) is 9.36. The highest BCUT2D eigenvalue weighted by atomic mass is 35.5. The van der Waals surface area contributed by atoms with Gasteiger partial charge in [-0.25, -0.2) is 8.42 Å². The Morgan fingerprint density at radius 3 is 2.26 bits per heavy atom. The molecule has 0 saturated heterocycles. The molecule has 23 heavy (non-hydrogen) atoms. The zero-order chi connectivity index (χ0) is 17.4. The van der Waals surface area contributed by atoms with Crippen LogP contribution in [-0.4, -0.2) is 24.8 Å². The minimum Gasteiger partial charge on any atom is -0.324 e. The highest BCUT2D eigenvalue weighted by molar-refractivity contribution is 7.93. The molecule has 0 spiro atoms. The molecule has 0 aliphatic rings. The van der Waals surface area contributed by atoms with Crippen LogP contribution in [0.4, 0.5) is 5.69 Å². The van der Waals surface area contributed by atoms with Gasteiger partial charge >= 0.3 is 0 Å². The lowest BCUT2D eigenvalue weighted by atomic mass is 10.0. The molecule has 0 radical (unpaired) electrons. The number of aryl methyl sites for hydroxylation is 1. The van der Waals surface area contributed by atoms with Gasteiger partial charge in [-0.2, -0.15) is 0 Å². The summed E-state index contributed by atoms with van der Waals surface area (Å²) in [6, 6.07) is 9.19. The molecule has 0 fully saturated rings. The minimum absolute atomic E-state index is 0.533. The number of nitrogens with one attached hydrogen (secondary N) is 1. The van der Waals surface area contributed by atoms with Crippen molar-refractivity contribution in [3.63, 3.8) is 0 Å². The van der Waals surface area contributed by atoms with Gasteiger partial charge in [-0.1, -0.05) is 35.9 Å². The zero-order valence-electron chi connectivity index (χ0n) is 13.6. The van der Waals surface area contributed by atoms with Gasteiger partial charge in [-0.05, 0) is 39.3 Å². The average molecular weight is 354 g/mol. The van der Waals surface area contributed by atoms with E-state index in [-0.39, 0.29) is 0 Å². The van der Waals surface area contributed by atoms with Gasteiger partial charge in [0.15, 0.2) is 9.84 Å². The third kappa shape index (κ3) is 3.35. The fraction of sp³-hybridized carbons (Fsp3) is 0.353. The Morgan fingerprint density at radius 1 is 1.13 bits per heavy atom. The van der Waals surface area contributed by atoms with Crippen LogP contribution in [0.2, 0.25) is 5.02 Å². The number of benzene rings is 2. The first kappa shape index (κ1) is 17.8. The lowest BCUT2D eigenvalue weighted by Gasteiger charge is -2.18. The van der Waals surface area contributed by atoms with Crippen molar-refractivity contribution in [3.8, 4) is 0 Å². The molecular formula is C17H20ClNO3S. The number of fused-ring (bicyclic) bond motifs is 1. The first-order chi connectivity index (χ1) is 10.7. The summed E-state index contributed by atoms with van der Waals surface area (Å²) in [6.45, 7) is 6.39. The van der Waals surface area contributed by atoms with Crippen LogP contribution in [0.5, 0.6) is 0 Å². The van der Waals surface area contributed by atoms with Crippen LogP contribution in [0.25, 0.3) is 10.8 Å². The Kier molecular flexibility index (Phi) is 5.01. The molecule has 0 heterocycles. The van der Waals surface area contributed by atoms with Gasteiger partial charge in [0, 0.05) is 15.8 Å². The van der Waals surface area contributed by atoms with Crippen LogP contribution in [0, 0.1) is 6.92 Å². The number of hydrogen-bond acceptors (Lipinski definition) is 3. The van der Waals surface area contributed by atoms with Gasteiger partial charge < -0.3 is 5.32 Å². The molecular weight excluding hydrogens is 334 g/mol. The molecule has 2 rings (SSSR count). The topological polar surface area (TPSA) is 63.2 Å². The minimum atomic E-state index is -3.51. The van der Waals surface area contributed by atoms with E-state index in [1.165, 1.54) is 6.92 Å². The molecule has 0 aromatic heterocycles. The lowest BCUT2D eigenvalue weighted by molar-refractivity contribution is -0.115. The number of hydrogen-bond donors (Lipinski definition) is 1. The second kappa shape index (κ2) is 6.49. The highest BCUT2D eigenvalue weighted by Crippen LogP contribution is 2.33. The first-order valence-electron chi connectivity index (χ1n) is 7.37. The molecule has 4 nitrogen and oxygen atoms in total. The van der Waals surface area contributed by atoms with E-state index in [1.54, 1.807) is 19.9 Å². The predicted octanol–water partition coefficient (Wildman–Crippen LogP) is 3.95. The van der Waals surface area contributed by atoms with Crippen molar-refractivity contribution in [3.05, 3.63) is 40.9 Å². The molecule has 0 aliphatic heterocycles. The van der Waals surface area contributed by atoms with Crippen molar-refractivity contribution >= 4 is 43.8 Å². The summed E-state index contributed by atoms with van der Waals surface area (Å²) < 4.78 is 24.4. The number of carbonyl (C=O) groups is 1. The van der Waals surface area contributed by atoms with Gasteiger partial charge in [0.05, 0.1) is 10.9 Å².